The first-order chi connectivity index (χ1) is 10.7. The van der Waals surface area contributed by atoms with Crippen LogP contribution in [0.25, 0.3) is 0 Å². The molecule has 1 N–H and O–H groups in total. The monoisotopic (exact) mass is 318 g/mol. The van der Waals surface area contributed by atoms with Crippen molar-refractivity contribution in [2.75, 3.05) is 13.7 Å². The van der Waals surface area contributed by atoms with Crippen LogP contribution in [0.2, 0.25) is 0 Å². The second-order valence-corrected chi connectivity index (χ2v) is 6.59. The summed E-state index contributed by atoms with van der Waals surface area (Å²) < 4.78 is 10.9. The van der Waals surface area contributed by atoms with Crippen molar-refractivity contribution in [3.05, 3.63) is 39.8 Å². The maximum Gasteiger partial charge on any atom is 0.227 e. The first-order valence-corrected chi connectivity index (χ1v) is 7.96. The number of thiazole rings is 1. The van der Waals surface area contributed by atoms with Gasteiger partial charge >= 0.3 is 0 Å². The minimum atomic E-state index is -0.180. The lowest BCUT2D eigenvalue weighted by atomic mass is 9.96. The van der Waals surface area contributed by atoms with Gasteiger partial charge in [0.15, 0.2) is 0 Å². The number of fused-ring (bicyclic) bond motifs is 1. The van der Waals surface area contributed by atoms with Crippen LogP contribution in [0.5, 0.6) is 11.5 Å². The second-order valence-electron chi connectivity index (χ2n) is 5.27. The molecule has 2 heterocycles. The zero-order chi connectivity index (χ0) is 15.5. The zero-order valence-electron chi connectivity index (χ0n) is 12.6. The summed E-state index contributed by atoms with van der Waals surface area (Å²) in [7, 11) is 1.63. The standard InChI is InChI=1S/C16H18N2O3S/c1-10-7-17-15(22-10)8-18-16(19)12-5-11-6-13(20-2)3-4-14(11)21-9-12/h3-4,6-7,12H,5,8-9H2,1-2H3,(H,18,19). The predicted octanol–water partition coefficient (Wildman–Crippen LogP) is 2.33. The fourth-order valence-electron chi connectivity index (χ4n) is 2.46. The average Bonchev–Trinajstić information content (AvgIpc) is 2.97. The zero-order valence-corrected chi connectivity index (χ0v) is 13.4. The van der Waals surface area contributed by atoms with E-state index in [9.17, 15) is 4.79 Å². The number of carbonyl (C=O) groups excluding carboxylic acids is 1. The van der Waals surface area contributed by atoms with Gasteiger partial charge in [0.2, 0.25) is 5.91 Å². The topological polar surface area (TPSA) is 60.5 Å². The smallest absolute Gasteiger partial charge is 0.227 e. The fraction of sp³-hybridized carbons (Fsp3) is 0.375. The highest BCUT2D eigenvalue weighted by atomic mass is 32.1. The lowest BCUT2D eigenvalue weighted by Gasteiger charge is -2.24. The number of nitrogens with zero attached hydrogens (tertiary/aromatic N) is 1. The van der Waals surface area contributed by atoms with Crippen LogP contribution in [0.1, 0.15) is 15.4 Å². The number of amides is 1. The van der Waals surface area contributed by atoms with Gasteiger partial charge in [0.05, 0.1) is 19.6 Å². The number of nitrogens with one attached hydrogen (secondary N) is 1. The molecule has 116 valence electrons. The van der Waals surface area contributed by atoms with Gasteiger partial charge < -0.3 is 14.8 Å². The van der Waals surface area contributed by atoms with Crippen molar-refractivity contribution in [1.29, 1.82) is 0 Å². The van der Waals surface area contributed by atoms with Crippen molar-refractivity contribution in [2.45, 2.75) is 19.9 Å². The molecule has 1 amide bonds. The highest BCUT2D eigenvalue weighted by Crippen LogP contribution is 2.30. The number of rotatable bonds is 4. The van der Waals surface area contributed by atoms with Crippen molar-refractivity contribution in [3.8, 4) is 11.5 Å². The Kier molecular flexibility index (Phi) is 4.29. The molecule has 1 unspecified atom stereocenters. The number of carbonyl (C=O) groups is 1. The molecule has 0 bridgehead atoms. The minimum absolute atomic E-state index is 0.00122. The molecule has 3 rings (SSSR count). The molecule has 2 aromatic rings. The molecule has 0 aliphatic carbocycles. The third-order valence-electron chi connectivity index (χ3n) is 3.63. The molecule has 22 heavy (non-hydrogen) atoms. The number of ether oxygens (including phenoxy) is 2. The molecule has 1 aliphatic rings. The molecular weight excluding hydrogens is 300 g/mol. The van der Waals surface area contributed by atoms with Gasteiger partial charge in [-0.05, 0) is 37.1 Å². The summed E-state index contributed by atoms with van der Waals surface area (Å²) in [5.41, 5.74) is 1.01. The first-order valence-electron chi connectivity index (χ1n) is 7.14. The van der Waals surface area contributed by atoms with Crippen LogP contribution in [0.15, 0.2) is 24.4 Å². The SMILES string of the molecule is COc1ccc2c(c1)CC(C(=O)NCc1ncc(C)s1)CO2. The van der Waals surface area contributed by atoms with E-state index < -0.39 is 0 Å². The summed E-state index contributed by atoms with van der Waals surface area (Å²) in [6, 6.07) is 5.68. The Morgan fingerprint density at radius 2 is 2.41 bits per heavy atom. The van der Waals surface area contributed by atoms with E-state index in [0.29, 0.717) is 19.6 Å². The lowest BCUT2D eigenvalue weighted by Crippen LogP contribution is -2.37. The van der Waals surface area contributed by atoms with Crippen LogP contribution in [0.4, 0.5) is 0 Å². The molecule has 1 aliphatic heterocycles. The van der Waals surface area contributed by atoms with E-state index in [0.717, 1.165) is 26.9 Å². The summed E-state index contributed by atoms with van der Waals surface area (Å²) in [6.07, 6.45) is 2.48. The quantitative estimate of drug-likeness (QED) is 0.940. The van der Waals surface area contributed by atoms with E-state index in [1.54, 1.807) is 18.4 Å². The van der Waals surface area contributed by atoms with Crippen molar-refractivity contribution in [2.24, 2.45) is 5.92 Å². The Morgan fingerprint density at radius 1 is 1.55 bits per heavy atom. The van der Waals surface area contributed by atoms with E-state index in [1.807, 2.05) is 31.3 Å². The number of hydrogen-bond donors (Lipinski definition) is 1. The normalized spacial score (nSPS) is 16.5. The molecule has 5 nitrogen and oxygen atoms in total. The van der Waals surface area contributed by atoms with Gasteiger partial charge in [0.25, 0.3) is 0 Å². The lowest BCUT2D eigenvalue weighted by molar-refractivity contribution is -0.126. The summed E-state index contributed by atoms with van der Waals surface area (Å²) in [5.74, 6) is 1.43. The van der Waals surface area contributed by atoms with Gasteiger partial charge in [0, 0.05) is 11.1 Å². The highest BCUT2D eigenvalue weighted by Gasteiger charge is 2.26. The third kappa shape index (κ3) is 3.22. The Balaban J connectivity index is 1.62. The molecule has 0 saturated carbocycles. The molecule has 1 aromatic heterocycles. The van der Waals surface area contributed by atoms with Gasteiger partial charge in [-0.25, -0.2) is 4.98 Å². The van der Waals surface area contributed by atoms with E-state index in [2.05, 4.69) is 10.3 Å². The molecule has 6 heteroatoms. The number of hydrogen-bond acceptors (Lipinski definition) is 5. The van der Waals surface area contributed by atoms with Crippen LogP contribution in [0.3, 0.4) is 0 Å². The van der Waals surface area contributed by atoms with Crippen LogP contribution in [0, 0.1) is 12.8 Å². The van der Waals surface area contributed by atoms with E-state index in [1.165, 1.54) is 0 Å². The van der Waals surface area contributed by atoms with Crippen LogP contribution >= 0.6 is 11.3 Å². The van der Waals surface area contributed by atoms with Gasteiger partial charge in [-0.3, -0.25) is 4.79 Å². The van der Waals surface area contributed by atoms with Gasteiger partial charge in [0.1, 0.15) is 23.1 Å². The first kappa shape index (κ1) is 14.8. The van der Waals surface area contributed by atoms with Crippen molar-refractivity contribution in [1.82, 2.24) is 10.3 Å². The van der Waals surface area contributed by atoms with E-state index >= 15 is 0 Å². The minimum Gasteiger partial charge on any atom is -0.497 e. The maximum atomic E-state index is 12.3. The average molecular weight is 318 g/mol. The predicted molar refractivity (Wildman–Crippen MR) is 84.4 cm³/mol. The molecule has 0 spiro atoms. The Bertz CT molecular complexity index is 684. The largest absolute Gasteiger partial charge is 0.497 e. The summed E-state index contributed by atoms with van der Waals surface area (Å²) in [5, 5.41) is 3.86. The fourth-order valence-corrected chi connectivity index (χ4v) is 3.18. The molecule has 1 atom stereocenters. The summed E-state index contributed by atoms with van der Waals surface area (Å²) in [6.45, 7) is 2.88. The number of methoxy groups -OCH3 is 1. The Morgan fingerprint density at radius 3 is 3.14 bits per heavy atom. The number of aromatic nitrogens is 1. The van der Waals surface area contributed by atoms with Crippen molar-refractivity contribution >= 4 is 17.2 Å². The Labute approximate surface area is 133 Å². The highest BCUT2D eigenvalue weighted by molar-refractivity contribution is 7.11. The molecular formula is C16H18N2O3S. The van der Waals surface area contributed by atoms with Gasteiger partial charge in [-0.15, -0.1) is 11.3 Å². The van der Waals surface area contributed by atoms with Gasteiger partial charge in [-0.2, -0.15) is 0 Å². The molecule has 0 fully saturated rings. The third-order valence-corrected chi connectivity index (χ3v) is 4.54. The Hall–Kier alpha value is -2.08. The maximum absolute atomic E-state index is 12.3. The number of aryl methyl sites for hydroxylation is 1. The van der Waals surface area contributed by atoms with E-state index in [-0.39, 0.29) is 11.8 Å². The van der Waals surface area contributed by atoms with E-state index in [4.69, 9.17) is 9.47 Å². The van der Waals surface area contributed by atoms with Crippen LogP contribution in [-0.2, 0) is 17.8 Å². The summed E-state index contributed by atoms with van der Waals surface area (Å²) >= 11 is 1.60. The molecule has 0 saturated heterocycles. The van der Waals surface area contributed by atoms with Crippen LogP contribution < -0.4 is 14.8 Å². The number of benzene rings is 1. The van der Waals surface area contributed by atoms with Crippen LogP contribution in [-0.4, -0.2) is 24.6 Å². The second kappa shape index (κ2) is 6.36. The molecule has 0 radical (unpaired) electrons. The molecule has 1 aromatic carbocycles. The van der Waals surface area contributed by atoms with Crippen molar-refractivity contribution < 1.29 is 14.3 Å². The summed E-state index contributed by atoms with van der Waals surface area (Å²) in [4.78, 5) is 17.7. The van der Waals surface area contributed by atoms with Gasteiger partial charge in [-0.1, -0.05) is 0 Å². The van der Waals surface area contributed by atoms with Crippen molar-refractivity contribution in [3.63, 3.8) is 0 Å².